The average Bonchev–Trinajstić information content (AvgIpc) is 3.14. The van der Waals surface area contributed by atoms with Gasteiger partial charge in [0.1, 0.15) is 0 Å². The van der Waals surface area contributed by atoms with Gasteiger partial charge >= 0.3 is 0 Å². The number of rotatable bonds is 8. The van der Waals surface area contributed by atoms with Crippen molar-refractivity contribution in [3.05, 3.63) is 10.6 Å². The molecule has 3 nitrogen and oxygen atoms in total. The normalized spacial score (nSPS) is 15.1. The molecule has 0 amide bonds. The second kappa shape index (κ2) is 6.53. The third kappa shape index (κ3) is 3.23. The fourth-order valence-corrected chi connectivity index (χ4v) is 3.40. The van der Waals surface area contributed by atoms with Gasteiger partial charge in [-0.1, -0.05) is 6.92 Å². The van der Waals surface area contributed by atoms with E-state index < -0.39 is 0 Å². The predicted octanol–water partition coefficient (Wildman–Crippen LogP) is 3.37. The molecule has 0 aliphatic heterocycles. The highest BCUT2D eigenvalue weighted by atomic mass is 32.1. The Morgan fingerprint density at radius 1 is 1.28 bits per heavy atom. The van der Waals surface area contributed by atoms with Crippen LogP contribution in [-0.4, -0.2) is 24.6 Å². The van der Waals surface area contributed by atoms with Crippen molar-refractivity contribution in [3.63, 3.8) is 0 Å². The lowest BCUT2D eigenvalue weighted by molar-refractivity contribution is 0.676. The molecule has 18 heavy (non-hydrogen) atoms. The second-order valence-electron chi connectivity index (χ2n) is 4.93. The minimum absolute atomic E-state index is 0.754. The van der Waals surface area contributed by atoms with Crippen LogP contribution in [0.15, 0.2) is 0 Å². The Bertz CT molecular complexity index is 367. The molecule has 1 aliphatic rings. The Morgan fingerprint density at radius 3 is 2.56 bits per heavy atom. The summed E-state index contributed by atoms with van der Waals surface area (Å²) in [5.74, 6) is 0.754. The summed E-state index contributed by atoms with van der Waals surface area (Å²) in [7, 11) is 0. The molecule has 102 valence electrons. The lowest BCUT2D eigenvalue weighted by atomic mass is 10.2. The third-order valence-electron chi connectivity index (χ3n) is 3.43. The average molecular weight is 267 g/mol. The maximum Gasteiger partial charge on any atom is 0.185 e. The van der Waals surface area contributed by atoms with Crippen LogP contribution in [0.2, 0.25) is 0 Å². The number of thiazole rings is 1. The van der Waals surface area contributed by atoms with Gasteiger partial charge in [-0.05, 0) is 39.7 Å². The summed E-state index contributed by atoms with van der Waals surface area (Å²) in [6.07, 6.45) is 3.87. The van der Waals surface area contributed by atoms with Crippen molar-refractivity contribution in [3.8, 4) is 0 Å². The van der Waals surface area contributed by atoms with Crippen LogP contribution in [0.5, 0.6) is 0 Å². The first-order chi connectivity index (χ1) is 8.80. The molecule has 0 aromatic carbocycles. The first-order valence-corrected chi connectivity index (χ1v) is 8.07. The molecule has 4 heteroatoms. The molecule has 0 atom stereocenters. The van der Waals surface area contributed by atoms with Gasteiger partial charge < -0.3 is 10.2 Å². The summed E-state index contributed by atoms with van der Waals surface area (Å²) in [6, 6.07) is 0. The van der Waals surface area contributed by atoms with E-state index in [0.717, 1.165) is 32.1 Å². The molecule has 1 saturated carbocycles. The summed E-state index contributed by atoms with van der Waals surface area (Å²) >= 11 is 1.89. The summed E-state index contributed by atoms with van der Waals surface area (Å²) in [5, 5.41) is 4.73. The molecule has 1 aromatic rings. The number of hydrogen-bond acceptors (Lipinski definition) is 4. The summed E-state index contributed by atoms with van der Waals surface area (Å²) in [4.78, 5) is 8.72. The van der Waals surface area contributed by atoms with E-state index in [2.05, 4.69) is 31.0 Å². The molecule has 1 aliphatic carbocycles. The van der Waals surface area contributed by atoms with Crippen molar-refractivity contribution in [1.82, 2.24) is 10.3 Å². The van der Waals surface area contributed by atoms with Crippen LogP contribution in [0, 0.1) is 0 Å². The van der Waals surface area contributed by atoms with Crippen LogP contribution >= 0.6 is 11.3 Å². The topological polar surface area (TPSA) is 28.2 Å². The van der Waals surface area contributed by atoms with Crippen molar-refractivity contribution in [2.24, 2.45) is 0 Å². The SMILES string of the molecule is CCCNCc1sc(N(CC)CC)nc1C1CC1. The van der Waals surface area contributed by atoms with E-state index in [1.807, 2.05) is 11.3 Å². The van der Waals surface area contributed by atoms with Crippen molar-refractivity contribution in [2.45, 2.75) is 52.5 Å². The lowest BCUT2D eigenvalue weighted by Crippen LogP contribution is -2.21. The Morgan fingerprint density at radius 2 is 2.00 bits per heavy atom. The zero-order valence-corrected chi connectivity index (χ0v) is 12.6. The highest BCUT2D eigenvalue weighted by Gasteiger charge is 2.30. The van der Waals surface area contributed by atoms with Gasteiger partial charge in [-0.25, -0.2) is 4.98 Å². The van der Waals surface area contributed by atoms with Crippen molar-refractivity contribution < 1.29 is 0 Å². The van der Waals surface area contributed by atoms with E-state index in [0.29, 0.717) is 0 Å². The zero-order valence-electron chi connectivity index (χ0n) is 11.8. The smallest absolute Gasteiger partial charge is 0.185 e. The zero-order chi connectivity index (χ0) is 13.0. The largest absolute Gasteiger partial charge is 0.349 e. The molecule has 0 spiro atoms. The highest BCUT2D eigenvalue weighted by molar-refractivity contribution is 7.15. The minimum atomic E-state index is 0.754. The van der Waals surface area contributed by atoms with Gasteiger partial charge in [0.05, 0.1) is 5.69 Å². The van der Waals surface area contributed by atoms with E-state index in [1.165, 1.54) is 35.0 Å². The van der Waals surface area contributed by atoms with Crippen LogP contribution in [0.25, 0.3) is 0 Å². The molecule has 0 unspecified atom stereocenters. The first-order valence-electron chi connectivity index (χ1n) is 7.25. The summed E-state index contributed by atoms with van der Waals surface area (Å²) in [6.45, 7) is 10.8. The Balaban J connectivity index is 2.10. The molecule has 1 N–H and O–H groups in total. The molecule has 0 saturated heterocycles. The van der Waals surface area contributed by atoms with Crippen LogP contribution in [0.4, 0.5) is 5.13 Å². The number of nitrogens with zero attached hydrogens (tertiary/aromatic N) is 2. The number of anilines is 1. The minimum Gasteiger partial charge on any atom is -0.349 e. The number of aromatic nitrogens is 1. The molecule has 0 radical (unpaired) electrons. The Hall–Kier alpha value is -0.610. The molecule has 2 rings (SSSR count). The van der Waals surface area contributed by atoms with Gasteiger partial charge in [0.25, 0.3) is 0 Å². The van der Waals surface area contributed by atoms with E-state index in [4.69, 9.17) is 4.98 Å². The van der Waals surface area contributed by atoms with Crippen LogP contribution < -0.4 is 10.2 Å². The van der Waals surface area contributed by atoms with Gasteiger partial charge in [0.15, 0.2) is 5.13 Å². The third-order valence-corrected chi connectivity index (χ3v) is 4.56. The molecular weight excluding hydrogens is 242 g/mol. The molecule has 1 fully saturated rings. The molecule has 0 bridgehead atoms. The van der Waals surface area contributed by atoms with Crippen molar-refractivity contribution in [1.29, 1.82) is 0 Å². The van der Waals surface area contributed by atoms with Crippen LogP contribution in [0.1, 0.15) is 56.5 Å². The first kappa shape index (κ1) is 13.8. The van der Waals surface area contributed by atoms with Crippen molar-refractivity contribution in [2.75, 3.05) is 24.5 Å². The van der Waals surface area contributed by atoms with Gasteiger partial charge in [0, 0.05) is 30.4 Å². The second-order valence-corrected chi connectivity index (χ2v) is 5.99. The predicted molar refractivity (Wildman–Crippen MR) is 79.6 cm³/mol. The fourth-order valence-electron chi connectivity index (χ4n) is 2.16. The maximum atomic E-state index is 4.90. The number of hydrogen-bond donors (Lipinski definition) is 1. The quantitative estimate of drug-likeness (QED) is 0.732. The standard InChI is InChI=1S/C14H25N3S/c1-4-9-15-10-12-13(11-7-8-11)16-14(18-12)17(5-2)6-3/h11,15H,4-10H2,1-3H3. The van der Waals surface area contributed by atoms with Crippen LogP contribution in [-0.2, 0) is 6.54 Å². The van der Waals surface area contributed by atoms with E-state index in [9.17, 15) is 0 Å². The molecule has 1 aromatic heterocycles. The number of nitrogens with one attached hydrogen (secondary N) is 1. The monoisotopic (exact) mass is 267 g/mol. The van der Waals surface area contributed by atoms with Crippen LogP contribution in [0.3, 0.4) is 0 Å². The van der Waals surface area contributed by atoms with E-state index in [-0.39, 0.29) is 0 Å². The highest BCUT2D eigenvalue weighted by Crippen LogP contribution is 2.44. The van der Waals surface area contributed by atoms with Gasteiger partial charge in [-0.3, -0.25) is 0 Å². The van der Waals surface area contributed by atoms with Gasteiger partial charge in [-0.2, -0.15) is 0 Å². The molecule has 1 heterocycles. The van der Waals surface area contributed by atoms with Gasteiger partial charge in [-0.15, -0.1) is 11.3 Å². The van der Waals surface area contributed by atoms with Crippen molar-refractivity contribution >= 4 is 16.5 Å². The molecular formula is C14H25N3S. The Labute approximate surface area is 115 Å². The summed E-state index contributed by atoms with van der Waals surface area (Å²) < 4.78 is 0. The lowest BCUT2D eigenvalue weighted by Gasteiger charge is -2.16. The summed E-state index contributed by atoms with van der Waals surface area (Å²) in [5.41, 5.74) is 1.38. The van der Waals surface area contributed by atoms with E-state index in [1.54, 1.807) is 0 Å². The maximum absolute atomic E-state index is 4.90. The van der Waals surface area contributed by atoms with E-state index >= 15 is 0 Å². The van der Waals surface area contributed by atoms with Gasteiger partial charge in [0.2, 0.25) is 0 Å². The Kier molecular flexibility index (Phi) is 5.01. The fraction of sp³-hybridized carbons (Fsp3) is 0.786.